The first kappa shape index (κ1) is 19.9. The van der Waals surface area contributed by atoms with Gasteiger partial charge in [0.1, 0.15) is 0 Å². The Morgan fingerprint density at radius 3 is 2.32 bits per heavy atom. The van der Waals surface area contributed by atoms with Crippen LogP contribution >= 0.6 is 22.6 Å². The SMILES string of the molecule is CN(C(=O)c1cccc(NCC(=O)Nc2ccc(I)cc2)c1)c1ccccc1. The van der Waals surface area contributed by atoms with Gasteiger partial charge < -0.3 is 15.5 Å². The van der Waals surface area contributed by atoms with Crippen LogP contribution in [0.3, 0.4) is 0 Å². The van der Waals surface area contributed by atoms with Crippen molar-refractivity contribution in [1.29, 1.82) is 0 Å². The van der Waals surface area contributed by atoms with Crippen LogP contribution in [0.2, 0.25) is 0 Å². The summed E-state index contributed by atoms with van der Waals surface area (Å²) in [6.07, 6.45) is 0. The molecule has 0 saturated heterocycles. The van der Waals surface area contributed by atoms with Gasteiger partial charge in [-0.15, -0.1) is 0 Å². The molecule has 0 spiro atoms. The molecular weight excluding hydrogens is 465 g/mol. The second-order valence-corrected chi connectivity index (χ2v) is 7.43. The van der Waals surface area contributed by atoms with Gasteiger partial charge in [0.2, 0.25) is 5.91 Å². The fourth-order valence-electron chi connectivity index (χ4n) is 2.65. The summed E-state index contributed by atoms with van der Waals surface area (Å²) in [7, 11) is 1.74. The highest BCUT2D eigenvalue weighted by Crippen LogP contribution is 2.17. The molecule has 0 bridgehead atoms. The molecule has 6 heteroatoms. The Labute approximate surface area is 177 Å². The summed E-state index contributed by atoms with van der Waals surface area (Å²) in [6, 6.07) is 24.2. The van der Waals surface area contributed by atoms with Gasteiger partial charge in [0.05, 0.1) is 6.54 Å². The van der Waals surface area contributed by atoms with Crippen molar-refractivity contribution in [2.24, 2.45) is 0 Å². The molecule has 0 aliphatic rings. The first-order valence-electron chi connectivity index (χ1n) is 8.75. The number of carbonyl (C=O) groups excluding carboxylic acids is 2. The van der Waals surface area contributed by atoms with Crippen molar-refractivity contribution in [3.05, 3.63) is 88.0 Å². The van der Waals surface area contributed by atoms with Crippen LogP contribution in [0.25, 0.3) is 0 Å². The van der Waals surface area contributed by atoms with Crippen LogP contribution in [0.1, 0.15) is 10.4 Å². The Morgan fingerprint density at radius 2 is 1.61 bits per heavy atom. The van der Waals surface area contributed by atoms with Crippen LogP contribution in [0.15, 0.2) is 78.9 Å². The standard InChI is InChI=1S/C22H20IN3O2/c1-26(20-8-3-2-4-9-20)22(28)16-6-5-7-19(14-16)24-15-21(27)25-18-12-10-17(23)11-13-18/h2-14,24H,15H2,1H3,(H,25,27). The Balaban J connectivity index is 1.60. The summed E-state index contributed by atoms with van der Waals surface area (Å²) >= 11 is 2.21. The van der Waals surface area contributed by atoms with Crippen molar-refractivity contribution >= 4 is 51.5 Å². The monoisotopic (exact) mass is 485 g/mol. The lowest BCUT2D eigenvalue weighted by atomic mass is 10.1. The lowest BCUT2D eigenvalue weighted by Crippen LogP contribution is -2.26. The number of hydrogen-bond acceptors (Lipinski definition) is 3. The molecule has 0 aliphatic carbocycles. The third-order valence-electron chi connectivity index (χ3n) is 4.14. The summed E-state index contributed by atoms with van der Waals surface area (Å²) in [5, 5.41) is 5.90. The predicted molar refractivity (Wildman–Crippen MR) is 122 cm³/mol. The molecule has 142 valence electrons. The van der Waals surface area contributed by atoms with Crippen LogP contribution in [0.4, 0.5) is 17.1 Å². The number of benzene rings is 3. The number of anilines is 3. The highest BCUT2D eigenvalue weighted by molar-refractivity contribution is 14.1. The van der Waals surface area contributed by atoms with Gasteiger partial charge in [-0.25, -0.2) is 0 Å². The van der Waals surface area contributed by atoms with Crippen LogP contribution in [0.5, 0.6) is 0 Å². The van der Waals surface area contributed by atoms with E-state index in [0.29, 0.717) is 11.3 Å². The van der Waals surface area contributed by atoms with E-state index in [1.807, 2.05) is 60.7 Å². The molecule has 28 heavy (non-hydrogen) atoms. The average Bonchev–Trinajstić information content (AvgIpc) is 2.74. The second-order valence-electron chi connectivity index (χ2n) is 6.19. The molecule has 3 aromatic carbocycles. The summed E-state index contributed by atoms with van der Waals surface area (Å²) in [5.41, 5.74) is 2.84. The summed E-state index contributed by atoms with van der Waals surface area (Å²) in [4.78, 5) is 26.5. The maximum absolute atomic E-state index is 12.7. The van der Waals surface area contributed by atoms with Crippen LogP contribution in [-0.2, 0) is 4.79 Å². The van der Waals surface area contributed by atoms with Crippen LogP contribution in [0, 0.1) is 3.57 Å². The molecule has 0 aliphatic heterocycles. The Morgan fingerprint density at radius 1 is 0.893 bits per heavy atom. The van der Waals surface area contributed by atoms with Gasteiger partial charge in [0, 0.05) is 33.2 Å². The number of amides is 2. The summed E-state index contributed by atoms with van der Waals surface area (Å²) < 4.78 is 1.11. The third-order valence-corrected chi connectivity index (χ3v) is 4.86. The maximum atomic E-state index is 12.7. The maximum Gasteiger partial charge on any atom is 0.258 e. The summed E-state index contributed by atoms with van der Waals surface area (Å²) in [5.74, 6) is -0.266. The van der Waals surface area contributed by atoms with Crippen LogP contribution < -0.4 is 15.5 Å². The number of para-hydroxylation sites is 1. The van der Waals surface area contributed by atoms with Gasteiger partial charge in [0.15, 0.2) is 0 Å². The van der Waals surface area contributed by atoms with E-state index in [2.05, 4.69) is 33.2 Å². The second kappa shape index (κ2) is 9.36. The zero-order valence-corrected chi connectivity index (χ0v) is 17.5. The smallest absolute Gasteiger partial charge is 0.258 e. The first-order chi connectivity index (χ1) is 13.5. The molecule has 2 N–H and O–H groups in total. The van der Waals surface area contributed by atoms with Crippen molar-refractivity contribution < 1.29 is 9.59 Å². The highest BCUT2D eigenvalue weighted by atomic mass is 127. The highest BCUT2D eigenvalue weighted by Gasteiger charge is 2.13. The van der Waals surface area contributed by atoms with E-state index < -0.39 is 0 Å². The molecule has 0 aromatic heterocycles. The topological polar surface area (TPSA) is 61.4 Å². The number of rotatable bonds is 6. The number of hydrogen-bond donors (Lipinski definition) is 2. The van der Waals surface area contributed by atoms with Crippen molar-refractivity contribution in [1.82, 2.24) is 0 Å². The molecule has 3 rings (SSSR count). The van der Waals surface area contributed by atoms with E-state index in [9.17, 15) is 9.59 Å². The molecule has 0 saturated carbocycles. The fourth-order valence-corrected chi connectivity index (χ4v) is 3.01. The average molecular weight is 485 g/mol. The molecular formula is C22H20IN3O2. The van der Waals surface area contributed by atoms with E-state index in [1.165, 1.54) is 0 Å². The first-order valence-corrected chi connectivity index (χ1v) is 9.83. The molecule has 5 nitrogen and oxygen atoms in total. The minimum absolute atomic E-state index is 0.109. The van der Waals surface area contributed by atoms with Gasteiger partial charge in [-0.3, -0.25) is 9.59 Å². The lowest BCUT2D eigenvalue weighted by molar-refractivity contribution is -0.114. The molecule has 2 amide bonds. The van der Waals surface area contributed by atoms with Crippen molar-refractivity contribution in [3.8, 4) is 0 Å². The van der Waals surface area contributed by atoms with Gasteiger partial charge in [0.25, 0.3) is 5.91 Å². The number of nitrogens with one attached hydrogen (secondary N) is 2. The molecule has 3 aromatic rings. The minimum Gasteiger partial charge on any atom is -0.376 e. The third kappa shape index (κ3) is 5.32. The predicted octanol–water partition coefficient (Wildman–Crippen LogP) is 4.62. The summed E-state index contributed by atoms with van der Waals surface area (Å²) in [6.45, 7) is 0.109. The van der Waals surface area contributed by atoms with Crippen molar-refractivity contribution in [3.63, 3.8) is 0 Å². The molecule has 0 heterocycles. The Kier molecular flexibility index (Phi) is 6.65. The van der Waals surface area contributed by atoms with E-state index in [0.717, 1.165) is 14.9 Å². The minimum atomic E-state index is -0.153. The Hall–Kier alpha value is -2.87. The van der Waals surface area contributed by atoms with Crippen LogP contribution in [-0.4, -0.2) is 25.4 Å². The van der Waals surface area contributed by atoms with Gasteiger partial charge in [-0.1, -0.05) is 24.3 Å². The zero-order chi connectivity index (χ0) is 19.9. The largest absolute Gasteiger partial charge is 0.376 e. The normalized spacial score (nSPS) is 10.2. The van der Waals surface area contributed by atoms with Crippen molar-refractivity contribution in [2.75, 3.05) is 29.1 Å². The molecule has 0 atom stereocenters. The number of halogens is 1. The van der Waals surface area contributed by atoms with E-state index >= 15 is 0 Å². The van der Waals surface area contributed by atoms with E-state index in [-0.39, 0.29) is 18.4 Å². The molecule has 0 unspecified atom stereocenters. The van der Waals surface area contributed by atoms with E-state index in [1.54, 1.807) is 30.1 Å². The van der Waals surface area contributed by atoms with Gasteiger partial charge >= 0.3 is 0 Å². The quantitative estimate of drug-likeness (QED) is 0.501. The zero-order valence-electron chi connectivity index (χ0n) is 15.4. The molecule has 0 fully saturated rings. The lowest BCUT2D eigenvalue weighted by Gasteiger charge is -2.18. The number of nitrogens with zero attached hydrogens (tertiary/aromatic N) is 1. The van der Waals surface area contributed by atoms with Gasteiger partial charge in [-0.05, 0) is 77.2 Å². The van der Waals surface area contributed by atoms with E-state index in [4.69, 9.17) is 0 Å². The Bertz CT molecular complexity index is 959. The van der Waals surface area contributed by atoms with Gasteiger partial charge in [-0.2, -0.15) is 0 Å². The fraction of sp³-hybridized carbons (Fsp3) is 0.0909. The number of carbonyl (C=O) groups is 2. The van der Waals surface area contributed by atoms with Crippen molar-refractivity contribution in [2.45, 2.75) is 0 Å². The molecule has 0 radical (unpaired) electrons.